The Kier molecular flexibility index (Phi) is 7.62. The maximum atomic E-state index is 6.05. The molecule has 0 unspecified atom stereocenters. The standard InChI is InChI=1S/C13H20ClN3.HI/c1-13(2,3)17-12(15)16-9-8-10-6-4-5-7-11(10)14;/h4-7H,8-9H2,1-3H3,(H3,15,16,17);1H. The molecular weight excluding hydrogens is 361 g/mol. The first-order valence-electron chi connectivity index (χ1n) is 5.70. The van der Waals surface area contributed by atoms with Crippen LogP contribution in [0.1, 0.15) is 26.3 Å². The third-order valence-electron chi connectivity index (χ3n) is 2.12. The SMILES string of the molecule is CC(C)(C)NC(N)=NCCc1ccccc1Cl.I. The Morgan fingerprint density at radius 2 is 1.94 bits per heavy atom. The number of hydrogen-bond donors (Lipinski definition) is 2. The summed E-state index contributed by atoms with van der Waals surface area (Å²) in [6.45, 7) is 6.77. The lowest BCUT2D eigenvalue weighted by Gasteiger charge is -2.20. The molecule has 0 heterocycles. The Hall–Kier alpha value is -0.490. The summed E-state index contributed by atoms with van der Waals surface area (Å²) in [6, 6.07) is 7.79. The second kappa shape index (κ2) is 7.84. The highest BCUT2D eigenvalue weighted by atomic mass is 127. The fourth-order valence-corrected chi connectivity index (χ4v) is 1.65. The van der Waals surface area contributed by atoms with Crippen LogP contribution in [0.2, 0.25) is 5.02 Å². The predicted molar refractivity (Wildman–Crippen MR) is 89.9 cm³/mol. The van der Waals surface area contributed by atoms with Gasteiger partial charge in [0.1, 0.15) is 0 Å². The van der Waals surface area contributed by atoms with Crippen LogP contribution in [0.25, 0.3) is 0 Å². The fourth-order valence-electron chi connectivity index (χ4n) is 1.42. The van der Waals surface area contributed by atoms with Crippen LogP contribution in [0.5, 0.6) is 0 Å². The van der Waals surface area contributed by atoms with Gasteiger partial charge in [-0.15, -0.1) is 24.0 Å². The fraction of sp³-hybridized carbons (Fsp3) is 0.462. The summed E-state index contributed by atoms with van der Waals surface area (Å²) in [7, 11) is 0. The lowest BCUT2D eigenvalue weighted by molar-refractivity contribution is 0.508. The molecule has 0 aromatic heterocycles. The summed E-state index contributed by atoms with van der Waals surface area (Å²) in [5.41, 5.74) is 6.81. The number of rotatable bonds is 3. The zero-order chi connectivity index (χ0) is 12.9. The van der Waals surface area contributed by atoms with Gasteiger partial charge in [-0.2, -0.15) is 0 Å². The number of guanidine groups is 1. The van der Waals surface area contributed by atoms with Crippen molar-refractivity contribution in [2.24, 2.45) is 10.7 Å². The van der Waals surface area contributed by atoms with Crippen LogP contribution in [0.15, 0.2) is 29.3 Å². The minimum absolute atomic E-state index is 0. The molecule has 0 fully saturated rings. The van der Waals surface area contributed by atoms with Gasteiger partial charge < -0.3 is 11.1 Å². The second-order valence-corrected chi connectivity index (χ2v) is 5.39. The molecule has 102 valence electrons. The highest BCUT2D eigenvalue weighted by molar-refractivity contribution is 14.0. The molecule has 0 atom stereocenters. The minimum Gasteiger partial charge on any atom is -0.370 e. The van der Waals surface area contributed by atoms with Gasteiger partial charge in [-0.05, 0) is 38.8 Å². The van der Waals surface area contributed by atoms with E-state index in [9.17, 15) is 0 Å². The summed E-state index contributed by atoms with van der Waals surface area (Å²) in [6.07, 6.45) is 0.798. The lowest BCUT2D eigenvalue weighted by Crippen LogP contribution is -2.45. The number of aliphatic imine (C=N–C) groups is 1. The molecule has 3 N–H and O–H groups in total. The highest BCUT2D eigenvalue weighted by Crippen LogP contribution is 2.15. The van der Waals surface area contributed by atoms with Crippen molar-refractivity contribution >= 4 is 41.5 Å². The maximum absolute atomic E-state index is 6.05. The van der Waals surface area contributed by atoms with E-state index in [1.165, 1.54) is 0 Å². The van der Waals surface area contributed by atoms with Gasteiger partial charge in [-0.3, -0.25) is 4.99 Å². The summed E-state index contributed by atoms with van der Waals surface area (Å²) in [4.78, 5) is 4.27. The van der Waals surface area contributed by atoms with Gasteiger partial charge in [-0.1, -0.05) is 29.8 Å². The van der Waals surface area contributed by atoms with Gasteiger partial charge in [0.15, 0.2) is 5.96 Å². The van der Waals surface area contributed by atoms with Crippen LogP contribution < -0.4 is 11.1 Å². The molecule has 5 heteroatoms. The van der Waals surface area contributed by atoms with E-state index in [4.69, 9.17) is 17.3 Å². The molecular formula is C13H21ClIN3. The normalized spacial score (nSPS) is 11.9. The predicted octanol–water partition coefficient (Wildman–Crippen LogP) is 3.20. The molecule has 0 spiro atoms. The molecule has 0 bridgehead atoms. The zero-order valence-corrected chi connectivity index (χ0v) is 14.1. The molecule has 0 saturated carbocycles. The van der Waals surface area contributed by atoms with Crippen LogP contribution in [-0.2, 0) is 6.42 Å². The topological polar surface area (TPSA) is 50.4 Å². The van der Waals surface area contributed by atoms with Gasteiger partial charge in [0, 0.05) is 17.1 Å². The van der Waals surface area contributed by atoms with Crippen molar-refractivity contribution in [2.75, 3.05) is 6.54 Å². The molecule has 1 aromatic rings. The van der Waals surface area contributed by atoms with Crippen LogP contribution >= 0.6 is 35.6 Å². The molecule has 1 rings (SSSR count). The van der Waals surface area contributed by atoms with Gasteiger partial charge in [0.2, 0.25) is 0 Å². The third kappa shape index (κ3) is 7.06. The molecule has 0 aliphatic carbocycles. The van der Waals surface area contributed by atoms with Crippen molar-refractivity contribution in [3.63, 3.8) is 0 Å². The van der Waals surface area contributed by atoms with E-state index < -0.39 is 0 Å². The first kappa shape index (κ1) is 17.5. The molecule has 3 nitrogen and oxygen atoms in total. The van der Waals surface area contributed by atoms with E-state index in [0.717, 1.165) is 17.0 Å². The number of nitrogens with two attached hydrogens (primary N) is 1. The van der Waals surface area contributed by atoms with Crippen LogP contribution in [0.4, 0.5) is 0 Å². The highest BCUT2D eigenvalue weighted by Gasteiger charge is 2.09. The van der Waals surface area contributed by atoms with Crippen LogP contribution in [0, 0.1) is 0 Å². The van der Waals surface area contributed by atoms with E-state index in [0.29, 0.717) is 12.5 Å². The number of hydrogen-bond acceptors (Lipinski definition) is 1. The van der Waals surface area contributed by atoms with Gasteiger partial charge in [-0.25, -0.2) is 0 Å². The van der Waals surface area contributed by atoms with Crippen LogP contribution in [-0.4, -0.2) is 18.0 Å². The molecule has 0 aliphatic rings. The quantitative estimate of drug-likeness (QED) is 0.480. The number of nitrogens with zero attached hydrogens (tertiary/aromatic N) is 1. The average molecular weight is 382 g/mol. The van der Waals surface area contributed by atoms with Crippen molar-refractivity contribution in [1.82, 2.24) is 5.32 Å². The minimum atomic E-state index is -0.0576. The second-order valence-electron chi connectivity index (χ2n) is 4.98. The van der Waals surface area contributed by atoms with Gasteiger partial charge >= 0.3 is 0 Å². The number of nitrogens with one attached hydrogen (secondary N) is 1. The van der Waals surface area contributed by atoms with Crippen LogP contribution in [0.3, 0.4) is 0 Å². The molecule has 0 aliphatic heterocycles. The monoisotopic (exact) mass is 381 g/mol. The zero-order valence-electron chi connectivity index (χ0n) is 11.0. The largest absolute Gasteiger partial charge is 0.370 e. The summed E-state index contributed by atoms with van der Waals surface area (Å²) >= 11 is 6.05. The first-order valence-corrected chi connectivity index (χ1v) is 6.08. The Morgan fingerprint density at radius 1 is 1.33 bits per heavy atom. The van der Waals surface area contributed by atoms with E-state index in [2.05, 4.69) is 10.3 Å². The molecule has 0 amide bonds. The van der Waals surface area contributed by atoms with E-state index in [1.807, 2.05) is 45.0 Å². The summed E-state index contributed by atoms with van der Waals surface area (Å²) in [5.74, 6) is 0.476. The van der Waals surface area contributed by atoms with Crippen molar-refractivity contribution in [1.29, 1.82) is 0 Å². The molecule has 1 aromatic carbocycles. The smallest absolute Gasteiger partial charge is 0.188 e. The number of halogens is 2. The first-order chi connectivity index (χ1) is 7.88. The Bertz CT molecular complexity index is 399. The lowest BCUT2D eigenvalue weighted by atomic mass is 10.1. The molecule has 0 saturated heterocycles. The maximum Gasteiger partial charge on any atom is 0.188 e. The Labute approximate surface area is 131 Å². The Morgan fingerprint density at radius 3 is 2.50 bits per heavy atom. The Balaban J connectivity index is 0.00000289. The van der Waals surface area contributed by atoms with Crippen molar-refractivity contribution in [3.05, 3.63) is 34.9 Å². The number of benzene rings is 1. The van der Waals surface area contributed by atoms with Gasteiger partial charge in [0.05, 0.1) is 0 Å². The average Bonchev–Trinajstić information content (AvgIpc) is 2.18. The van der Waals surface area contributed by atoms with E-state index in [-0.39, 0.29) is 29.5 Å². The van der Waals surface area contributed by atoms with E-state index in [1.54, 1.807) is 0 Å². The molecule has 0 radical (unpaired) electrons. The molecule has 18 heavy (non-hydrogen) atoms. The van der Waals surface area contributed by atoms with Gasteiger partial charge in [0.25, 0.3) is 0 Å². The summed E-state index contributed by atoms with van der Waals surface area (Å²) < 4.78 is 0. The summed E-state index contributed by atoms with van der Waals surface area (Å²) in [5, 5.41) is 3.90. The van der Waals surface area contributed by atoms with Crippen molar-refractivity contribution in [3.8, 4) is 0 Å². The van der Waals surface area contributed by atoms with Crippen molar-refractivity contribution < 1.29 is 0 Å². The van der Waals surface area contributed by atoms with E-state index >= 15 is 0 Å². The third-order valence-corrected chi connectivity index (χ3v) is 2.49. The van der Waals surface area contributed by atoms with Crippen molar-refractivity contribution in [2.45, 2.75) is 32.7 Å².